The van der Waals surface area contributed by atoms with Gasteiger partial charge in [-0.25, -0.2) is 8.42 Å². The number of amides is 2. The van der Waals surface area contributed by atoms with E-state index in [1.165, 1.54) is 30.3 Å². The van der Waals surface area contributed by atoms with E-state index in [9.17, 15) is 18.0 Å². The number of sulfonamides is 1. The molecule has 0 bridgehead atoms. The monoisotopic (exact) mass is 491 g/mol. The van der Waals surface area contributed by atoms with Crippen molar-refractivity contribution < 1.29 is 18.0 Å². The Morgan fingerprint density at radius 2 is 1.59 bits per heavy atom. The fourth-order valence-electron chi connectivity index (χ4n) is 2.88. The fourth-order valence-corrected chi connectivity index (χ4v) is 4.32. The van der Waals surface area contributed by atoms with Gasteiger partial charge in [-0.05, 0) is 60.5 Å². The predicted molar refractivity (Wildman–Crippen MR) is 125 cm³/mol. The van der Waals surface area contributed by atoms with Crippen LogP contribution in [0.1, 0.15) is 26.3 Å². The lowest BCUT2D eigenvalue weighted by Gasteiger charge is -2.11. The van der Waals surface area contributed by atoms with E-state index in [4.69, 9.17) is 28.9 Å². The molecule has 0 aliphatic carbocycles. The van der Waals surface area contributed by atoms with Crippen LogP contribution < -0.4 is 15.8 Å². The second-order valence-corrected chi connectivity index (χ2v) is 9.33. The average molecular weight is 492 g/mol. The van der Waals surface area contributed by atoms with Crippen molar-refractivity contribution in [3.8, 4) is 0 Å². The number of benzene rings is 3. The highest BCUT2D eigenvalue weighted by Crippen LogP contribution is 2.26. The topological polar surface area (TPSA) is 118 Å². The van der Waals surface area contributed by atoms with E-state index in [0.717, 1.165) is 5.56 Å². The molecule has 0 spiro atoms. The van der Waals surface area contributed by atoms with E-state index >= 15 is 0 Å². The van der Waals surface area contributed by atoms with Crippen LogP contribution in [-0.2, 0) is 16.4 Å². The molecule has 0 atom stereocenters. The smallest absolute Gasteiger partial charge is 0.261 e. The number of carbonyl (C=O) groups excluding carboxylic acids is 2. The zero-order valence-corrected chi connectivity index (χ0v) is 19.0. The number of hydrogen-bond acceptors (Lipinski definition) is 4. The number of hydrogen-bond donors (Lipinski definition) is 3. The van der Waals surface area contributed by atoms with Gasteiger partial charge in [0, 0.05) is 23.4 Å². The third-order valence-electron chi connectivity index (χ3n) is 4.49. The molecule has 0 aliphatic rings. The molecule has 166 valence electrons. The van der Waals surface area contributed by atoms with E-state index in [-0.39, 0.29) is 32.1 Å². The van der Waals surface area contributed by atoms with Crippen LogP contribution in [0.4, 0.5) is 5.69 Å². The number of primary amides is 1. The van der Waals surface area contributed by atoms with Crippen molar-refractivity contribution >= 4 is 50.7 Å². The van der Waals surface area contributed by atoms with Gasteiger partial charge in [0.2, 0.25) is 5.91 Å². The lowest BCUT2D eigenvalue weighted by Crippen LogP contribution is -2.26. The van der Waals surface area contributed by atoms with Crippen LogP contribution in [0.2, 0.25) is 10.0 Å². The molecule has 7 nitrogen and oxygen atoms in total. The first kappa shape index (κ1) is 23.6. The zero-order chi connectivity index (χ0) is 23.3. The third kappa shape index (κ3) is 6.00. The normalized spacial score (nSPS) is 11.1. The van der Waals surface area contributed by atoms with Gasteiger partial charge >= 0.3 is 0 Å². The van der Waals surface area contributed by atoms with Gasteiger partial charge < -0.3 is 11.1 Å². The molecule has 0 aromatic heterocycles. The van der Waals surface area contributed by atoms with Gasteiger partial charge in [-0.15, -0.1) is 0 Å². The molecule has 3 rings (SSSR count). The van der Waals surface area contributed by atoms with E-state index in [0.29, 0.717) is 18.5 Å². The van der Waals surface area contributed by atoms with Crippen LogP contribution in [0.5, 0.6) is 0 Å². The Kier molecular flexibility index (Phi) is 7.40. The molecule has 0 saturated heterocycles. The first-order valence-corrected chi connectivity index (χ1v) is 11.6. The SMILES string of the molecule is NC(=O)c1cccc(CCNC(=O)c2cccc(NS(=O)(=O)c3ccc(Cl)c(Cl)c3)c2)c1. The van der Waals surface area contributed by atoms with Crippen molar-refractivity contribution in [1.82, 2.24) is 5.32 Å². The van der Waals surface area contributed by atoms with Crippen molar-refractivity contribution in [1.29, 1.82) is 0 Å². The van der Waals surface area contributed by atoms with Crippen molar-refractivity contribution in [2.45, 2.75) is 11.3 Å². The maximum atomic E-state index is 12.6. The molecule has 0 saturated carbocycles. The third-order valence-corrected chi connectivity index (χ3v) is 6.61. The molecular weight excluding hydrogens is 473 g/mol. The predicted octanol–water partition coefficient (Wildman–Crippen LogP) is 3.87. The maximum Gasteiger partial charge on any atom is 0.261 e. The van der Waals surface area contributed by atoms with Gasteiger partial charge in [0.1, 0.15) is 0 Å². The number of rotatable bonds is 8. The average Bonchev–Trinajstić information content (AvgIpc) is 2.75. The molecule has 3 aromatic carbocycles. The van der Waals surface area contributed by atoms with Crippen LogP contribution in [0.15, 0.2) is 71.6 Å². The molecule has 4 N–H and O–H groups in total. The van der Waals surface area contributed by atoms with Gasteiger partial charge in [0.05, 0.1) is 14.9 Å². The number of nitrogens with one attached hydrogen (secondary N) is 2. The number of nitrogens with two attached hydrogens (primary N) is 1. The van der Waals surface area contributed by atoms with Crippen LogP contribution in [0.25, 0.3) is 0 Å². The molecule has 2 amide bonds. The molecular formula is C22H19Cl2N3O4S. The minimum atomic E-state index is -3.92. The van der Waals surface area contributed by atoms with Gasteiger partial charge in [-0.3, -0.25) is 14.3 Å². The maximum absolute atomic E-state index is 12.6. The summed E-state index contributed by atoms with van der Waals surface area (Å²) in [4.78, 5) is 23.7. The number of halogens is 2. The van der Waals surface area contributed by atoms with Gasteiger partial charge in [0.25, 0.3) is 15.9 Å². The summed E-state index contributed by atoms with van der Waals surface area (Å²) in [6.07, 6.45) is 0.497. The Bertz CT molecular complexity index is 1280. The number of carbonyl (C=O) groups is 2. The molecule has 3 aromatic rings. The minimum Gasteiger partial charge on any atom is -0.366 e. The highest BCUT2D eigenvalue weighted by Gasteiger charge is 2.16. The largest absolute Gasteiger partial charge is 0.366 e. The number of anilines is 1. The molecule has 10 heteroatoms. The lowest BCUT2D eigenvalue weighted by molar-refractivity contribution is 0.0952. The Balaban J connectivity index is 1.65. The van der Waals surface area contributed by atoms with Gasteiger partial charge in [-0.1, -0.05) is 41.4 Å². The summed E-state index contributed by atoms with van der Waals surface area (Å²) in [5.74, 6) is -0.886. The fraction of sp³-hybridized carbons (Fsp3) is 0.0909. The molecule has 0 heterocycles. The summed E-state index contributed by atoms with van der Waals surface area (Å²) >= 11 is 11.7. The Labute approximate surface area is 195 Å². The highest BCUT2D eigenvalue weighted by atomic mass is 35.5. The summed E-state index contributed by atoms with van der Waals surface area (Å²) in [7, 11) is -3.92. The standard InChI is InChI=1S/C22H19Cl2N3O4S/c23-19-8-7-18(13-20(19)24)32(30,31)27-17-6-2-5-16(12-17)22(29)26-10-9-14-3-1-4-15(11-14)21(25)28/h1-8,11-13,27H,9-10H2,(H2,25,28)(H,26,29). The summed E-state index contributed by atoms with van der Waals surface area (Å²) in [6.45, 7) is 0.320. The van der Waals surface area contributed by atoms with E-state index in [1.54, 1.807) is 30.3 Å². The molecule has 0 unspecified atom stereocenters. The van der Waals surface area contributed by atoms with E-state index in [2.05, 4.69) is 10.0 Å². The van der Waals surface area contributed by atoms with Crippen LogP contribution >= 0.6 is 23.2 Å². The quantitative estimate of drug-likeness (QED) is 0.443. The van der Waals surface area contributed by atoms with Crippen LogP contribution in [-0.4, -0.2) is 26.8 Å². The molecule has 32 heavy (non-hydrogen) atoms. The van der Waals surface area contributed by atoms with Gasteiger partial charge in [-0.2, -0.15) is 0 Å². The summed E-state index contributed by atoms with van der Waals surface area (Å²) < 4.78 is 27.6. The highest BCUT2D eigenvalue weighted by molar-refractivity contribution is 7.92. The summed E-state index contributed by atoms with van der Waals surface area (Å²) in [5.41, 5.74) is 7.03. The van der Waals surface area contributed by atoms with Crippen LogP contribution in [0.3, 0.4) is 0 Å². The summed E-state index contributed by atoms with van der Waals surface area (Å²) in [5, 5.41) is 3.12. The second-order valence-electron chi connectivity index (χ2n) is 6.83. The van der Waals surface area contributed by atoms with E-state index in [1.807, 2.05) is 6.07 Å². The van der Waals surface area contributed by atoms with Crippen molar-refractivity contribution in [2.75, 3.05) is 11.3 Å². The lowest BCUT2D eigenvalue weighted by atomic mass is 10.1. The second kappa shape index (κ2) is 10.0. The zero-order valence-electron chi connectivity index (χ0n) is 16.6. The molecule has 0 aliphatic heterocycles. The Hall–Kier alpha value is -3.07. The molecule has 0 radical (unpaired) electrons. The van der Waals surface area contributed by atoms with Gasteiger partial charge in [0.15, 0.2) is 0 Å². The Morgan fingerprint density at radius 1 is 0.875 bits per heavy atom. The summed E-state index contributed by atoms with van der Waals surface area (Å²) in [6, 6.07) is 16.9. The first-order chi connectivity index (χ1) is 15.2. The van der Waals surface area contributed by atoms with Crippen molar-refractivity contribution in [3.05, 3.63) is 93.5 Å². The van der Waals surface area contributed by atoms with E-state index < -0.39 is 15.9 Å². The Morgan fingerprint density at radius 3 is 2.31 bits per heavy atom. The van der Waals surface area contributed by atoms with Crippen LogP contribution in [0, 0.1) is 0 Å². The first-order valence-electron chi connectivity index (χ1n) is 9.40. The van der Waals surface area contributed by atoms with Crippen molar-refractivity contribution in [3.63, 3.8) is 0 Å². The van der Waals surface area contributed by atoms with Crippen molar-refractivity contribution in [2.24, 2.45) is 5.73 Å². The minimum absolute atomic E-state index is 0.0556. The molecule has 0 fully saturated rings.